The van der Waals surface area contributed by atoms with Crippen LogP contribution in [-0.2, 0) is 0 Å². The molecule has 1 rings (SSSR count). The largest absolute Gasteiger partial charge is 0.370 e. The fourth-order valence-electron chi connectivity index (χ4n) is 1.23. The molecule has 0 bridgehead atoms. The van der Waals surface area contributed by atoms with E-state index in [4.69, 9.17) is 0 Å². The van der Waals surface area contributed by atoms with Crippen LogP contribution in [0.15, 0.2) is 18.2 Å². The summed E-state index contributed by atoms with van der Waals surface area (Å²) >= 11 is 1.91. The van der Waals surface area contributed by atoms with Crippen molar-refractivity contribution in [2.45, 2.75) is 19.8 Å². The second-order valence-corrected chi connectivity index (χ2v) is 4.28. The smallest absolute Gasteiger partial charge is 0.126 e. The molecule has 78 valence electrons. The minimum absolute atomic E-state index is 0.995. The van der Waals surface area contributed by atoms with E-state index in [2.05, 4.69) is 16.6 Å². The van der Waals surface area contributed by atoms with Gasteiger partial charge >= 0.3 is 0 Å². The molecule has 1 aromatic rings. The van der Waals surface area contributed by atoms with Crippen molar-refractivity contribution in [3.05, 3.63) is 23.9 Å². The number of aromatic nitrogens is 1. The minimum Gasteiger partial charge on any atom is -0.370 e. The van der Waals surface area contributed by atoms with Crippen molar-refractivity contribution >= 4 is 17.6 Å². The van der Waals surface area contributed by atoms with E-state index in [1.54, 1.807) is 0 Å². The van der Waals surface area contributed by atoms with E-state index in [0.717, 1.165) is 18.1 Å². The fraction of sp³-hybridized carbons (Fsp3) is 0.545. The number of hydrogen-bond acceptors (Lipinski definition) is 3. The van der Waals surface area contributed by atoms with Crippen molar-refractivity contribution in [2.75, 3.05) is 23.9 Å². The molecule has 0 aromatic carbocycles. The first kappa shape index (κ1) is 11.4. The quantitative estimate of drug-likeness (QED) is 0.731. The van der Waals surface area contributed by atoms with Crippen molar-refractivity contribution in [1.82, 2.24) is 4.98 Å². The number of nitrogens with zero attached hydrogens (tertiary/aromatic N) is 1. The molecule has 0 atom stereocenters. The minimum atomic E-state index is 0.995. The highest BCUT2D eigenvalue weighted by Crippen LogP contribution is 2.05. The van der Waals surface area contributed by atoms with E-state index in [-0.39, 0.29) is 0 Å². The number of hydrogen-bond donors (Lipinski definition) is 1. The van der Waals surface area contributed by atoms with Gasteiger partial charge in [-0.05, 0) is 43.9 Å². The van der Waals surface area contributed by atoms with E-state index in [0.29, 0.717) is 0 Å². The zero-order valence-electron chi connectivity index (χ0n) is 8.92. The SMILES string of the molecule is CSCCCCNc1cccc(C)n1. The van der Waals surface area contributed by atoms with Crippen LogP contribution in [0.2, 0.25) is 0 Å². The third-order valence-corrected chi connectivity index (χ3v) is 2.67. The molecule has 0 fully saturated rings. The van der Waals surface area contributed by atoms with Crippen molar-refractivity contribution in [1.29, 1.82) is 0 Å². The molecular formula is C11H18N2S. The van der Waals surface area contributed by atoms with Gasteiger partial charge in [0.1, 0.15) is 5.82 Å². The summed E-state index contributed by atoms with van der Waals surface area (Å²) in [6.45, 7) is 3.04. The molecule has 0 saturated heterocycles. The van der Waals surface area contributed by atoms with Crippen LogP contribution in [0.4, 0.5) is 5.82 Å². The number of aryl methyl sites for hydroxylation is 1. The Bertz CT molecular complexity index is 263. The molecule has 3 heteroatoms. The van der Waals surface area contributed by atoms with Crippen LogP contribution in [0.1, 0.15) is 18.5 Å². The maximum absolute atomic E-state index is 4.37. The van der Waals surface area contributed by atoms with Gasteiger partial charge in [-0.1, -0.05) is 6.07 Å². The predicted octanol–water partition coefficient (Wildman–Crippen LogP) is 2.95. The number of nitrogens with one attached hydrogen (secondary N) is 1. The van der Waals surface area contributed by atoms with E-state index in [9.17, 15) is 0 Å². The number of unbranched alkanes of at least 4 members (excludes halogenated alkanes) is 1. The lowest BCUT2D eigenvalue weighted by Crippen LogP contribution is -2.03. The first-order chi connectivity index (χ1) is 6.83. The fourth-order valence-corrected chi connectivity index (χ4v) is 1.72. The van der Waals surface area contributed by atoms with Gasteiger partial charge in [0.15, 0.2) is 0 Å². The Morgan fingerprint density at radius 1 is 1.36 bits per heavy atom. The average molecular weight is 210 g/mol. The van der Waals surface area contributed by atoms with Crippen LogP contribution in [0.5, 0.6) is 0 Å². The summed E-state index contributed by atoms with van der Waals surface area (Å²) in [4.78, 5) is 4.37. The van der Waals surface area contributed by atoms with Crippen molar-refractivity contribution in [3.63, 3.8) is 0 Å². The molecule has 1 N–H and O–H groups in total. The lowest BCUT2D eigenvalue weighted by atomic mass is 10.3. The topological polar surface area (TPSA) is 24.9 Å². The highest BCUT2D eigenvalue weighted by molar-refractivity contribution is 7.98. The summed E-state index contributed by atoms with van der Waals surface area (Å²) in [5.41, 5.74) is 1.07. The molecule has 0 radical (unpaired) electrons. The standard InChI is InChI=1S/C11H18N2S/c1-10-6-5-7-11(13-10)12-8-3-4-9-14-2/h5-7H,3-4,8-9H2,1-2H3,(H,12,13). The van der Waals surface area contributed by atoms with Gasteiger partial charge in [-0.3, -0.25) is 0 Å². The first-order valence-electron chi connectivity index (χ1n) is 4.99. The summed E-state index contributed by atoms with van der Waals surface area (Å²) in [6.07, 6.45) is 4.64. The average Bonchev–Trinajstić information content (AvgIpc) is 2.18. The molecule has 14 heavy (non-hydrogen) atoms. The number of rotatable bonds is 6. The zero-order chi connectivity index (χ0) is 10.2. The van der Waals surface area contributed by atoms with Crippen molar-refractivity contribution in [3.8, 4) is 0 Å². The first-order valence-corrected chi connectivity index (χ1v) is 6.39. The molecule has 0 unspecified atom stereocenters. The summed E-state index contributed by atoms with van der Waals surface area (Å²) in [6, 6.07) is 6.06. The lowest BCUT2D eigenvalue weighted by molar-refractivity contribution is 0.839. The van der Waals surface area contributed by atoms with Crippen LogP contribution in [0.25, 0.3) is 0 Å². The molecular weight excluding hydrogens is 192 g/mol. The van der Waals surface area contributed by atoms with Crippen LogP contribution in [0, 0.1) is 6.92 Å². The molecule has 2 nitrogen and oxygen atoms in total. The van der Waals surface area contributed by atoms with E-state index >= 15 is 0 Å². The van der Waals surface area contributed by atoms with Crippen molar-refractivity contribution < 1.29 is 0 Å². The highest BCUT2D eigenvalue weighted by atomic mass is 32.2. The Labute approximate surface area is 90.5 Å². The summed E-state index contributed by atoms with van der Waals surface area (Å²) < 4.78 is 0. The monoisotopic (exact) mass is 210 g/mol. The van der Waals surface area contributed by atoms with Crippen LogP contribution in [0.3, 0.4) is 0 Å². The molecule has 0 aliphatic heterocycles. The van der Waals surface area contributed by atoms with Crippen molar-refractivity contribution in [2.24, 2.45) is 0 Å². The lowest BCUT2D eigenvalue weighted by Gasteiger charge is -2.05. The van der Waals surface area contributed by atoms with Gasteiger partial charge in [-0.25, -0.2) is 4.98 Å². The normalized spacial score (nSPS) is 10.1. The Hall–Kier alpha value is -0.700. The summed E-state index contributed by atoms with van der Waals surface area (Å²) in [5, 5.41) is 3.32. The van der Waals surface area contributed by atoms with E-state index in [1.165, 1.54) is 18.6 Å². The summed E-state index contributed by atoms with van der Waals surface area (Å²) in [7, 11) is 0. The Kier molecular flexibility index (Phi) is 5.45. The second-order valence-electron chi connectivity index (χ2n) is 3.29. The zero-order valence-corrected chi connectivity index (χ0v) is 9.73. The number of pyridine rings is 1. The molecule has 0 aliphatic carbocycles. The second kappa shape index (κ2) is 6.71. The molecule has 0 amide bonds. The molecule has 1 heterocycles. The highest BCUT2D eigenvalue weighted by Gasteiger charge is 1.92. The van der Waals surface area contributed by atoms with Crippen LogP contribution < -0.4 is 5.32 Å². The molecule has 1 aromatic heterocycles. The molecule has 0 aliphatic rings. The van der Waals surface area contributed by atoms with Gasteiger partial charge in [-0.15, -0.1) is 0 Å². The van der Waals surface area contributed by atoms with E-state index in [1.807, 2.05) is 36.9 Å². The summed E-state index contributed by atoms with van der Waals surface area (Å²) in [5.74, 6) is 2.25. The third-order valence-electron chi connectivity index (χ3n) is 1.97. The van der Waals surface area contributed by atoms with Gasteiger partial charge in [0.2, 0.25) is 0 Å². The predicted molar refractivity (Wildman–Crippen MR) is 65.1 cm³/mol. The third kappa shape index (κ3) is 4.51. The number of thioether (sulfide) groups is 1. The van der Waals surface area contributed by atoms with E-state index < -0.39 is 0 Å². The van der Waals surface area contributed by atoms with Gasteiger partial charge < -0.3 is 5.32 Å². The molecule has 0 spiro atoms. The van der Waals surface area contributed by atoms with Gasteiger partial charge in [-0.2, -0.15) is 11.8 Å². The number of anilines is 1. The Morgan fingerprint density at radius 2 is 2.21 bits per heavy atom. The maximum Gasteiger partial charge on any atom is 0.126 e. The molecule has 0 saturated carbocycles. The maximum atomic E-state index is 4.37. The van der Waals surface area contributed by atoms with Gasteiger partial charge in [0, 0.05) is 12.2 Å². The van der Waals surface area contributed by atoms with Crippen LogP contribution >= 0.6 is 11.8 Å². The Morgan fingerprint density at radius 3 is 2.93 bits per heavy atom. The van der Waals surface area contributed by atoms with Crippen LogP contribution in [-0.4, -0.2) is 23.5 Å². The van der Waals surface area contributed by atoms with Gasteiger partial charge in [0.05, 0.1) is 0 Å². The van der Waals surface area contributed by atoms with Gasteiger partial charge in [0.25, 0.3) is 0 Å². The Balaban J connectivity index is 2.18.